The number of halogens is 7. The molecule has 1 aromatic heterocycles. The zero-order valence-corrected chi connectivity index (χ0v) is 22.9. The maximum Gasteiger partial charge on any atom is 0.435 e. The van der Waals surface area contributed by atoms with Gasteiger partial charge in [0.1, 0.15) is 23.4 Å². The molecule has 0 saturated carbocycles. The van der Waals surface area contributed by atoms with Gasteiger partial charge in [0.25, 0.3) is 0 Å². The quantitative estimate of drug-likeness (QED) is 0.163. The van der Waals surface area contributed by atoms with Crippen molar-refractivity contribution in [3.05, 3.63) is 94.6 Å². The number of rotatable bonds is 6. The third kappa shape index (κ3) is 5.46. The lowest BCUT2D eigenvalue weighted by atomic mass is 9.90. The van der Waals surface area contributed by atoms with Crippen LogP contribution < -0.4 is 9.47 Å². The van der Waals surface area contributed by atoms with Gasteiger partial charge in [-0.05, 0) is 59.9 Å². The first-order valence-corrected chi connectivity index (χ1v) is 13.5. The third-order valence-corrected chi connectivity index (χ3v) is 7.79. The number of methoxy groups -OCH3 is 1. The van der Waals surface area contributed by atoms with Gasteiger partial charge >= 0.3 is 18.3 Å². The number of alkyl halides is 6. The summed E-state index contributed by atoms with van der Waals surface area (Å²) in [5.74, 6) is -0.830. The topological polar surface area (TPSA) is 62.6 Å². The predicted octanol–water partition coefficient (Wildman–Crippen LogP) is 7.82. The maximum absolute atomic E-state index is 15.4. The summed E-state index contributed by atoms with van der Waals surface area (Å²) < 4.78 is 114. The molecule has 230 valence electrons. The fourth-order valence-electron chi connectivity index (χ4n) is 5.76. The second-order valence-electron chi connectivity index (χ2n) is 10.5. The summed E-state index contributed by atoms with van der Waals surface area (Å²) >= 11 is 0. The summed E-state index contributed by atoms with van der Waals surface area (Å²) in [7, 11) is 1.30. The standard InChI is InChI=1S/C31H23F7N2O4/c1-42-27(41)12-17-15-43-25-13-19(6-7-20(17)25)44-24-9-8-21-28(22(30(33,34)35)14-23(32)29(21)24)16-2-4-18(5-3-16)40-11-10-26(39-40)31(36,37)38/h2-7,10-11,13-14,17,24H,8-9,12,15H2,1H3. The molecular weight excluding hydrogens is 597 g/mol. The van der Waals surface area contributed by atoms with Crippen LogP contribution in [0.2, 0.25) is 0 Å². The largest absolute Gasteiger partial charge is 0.492 e. The normalized spacial score (nSPS) is 17.6. The van der Waals surface area contributed by atoms with Crippen LogP contribution in [-0.4, -0.2) is 29.5 Å². The number of carbonyl (C=O) groups is 1. The fraction of sp³-hybridized carbons (Fsp3) is 0.290. The van der Waals surface area contributed by atoms with Crippen molar-refractivity contribution in [1.29, 1.82) is 0 Å². The lowest BCUT2D eigenvalue weighted by Gasteiger charge is -2.21. The first-order chi connectivity index (χ1) is 20.8. The van der Waals surface area contributed by atoms with E-state index in [0.717, 1.165) is 22.5 Å². The lowest BCUT2D eigenvalue weighted by molar-refractivity contribution is -0.142. The summed E-state index contributed by atoms with van der Waals surface area (Å²) in [5, 5.41) is 3.49. The smallest absolute Gasteiger partial charge is 0.435 e. The Morgan fingerprint density at radius 1 is 1.02 bits per heavy atom. The van der Waals surface area contributed by atoms with Crippen molar-refractivity contribution >= 4 is 5.97 Å². The molecule has 1 aliphatic heterocycles. The minimum absolute atomic E-state index is 0.00366. The fourth-order valence-corrected chi connectivity index (χ4v) is 5.76. The van der Waals surface area contributed by atoms with E-state index in [1.54, 1.807) is 18.2 Å². The second-order valence-corrected chi connectivity index (χ2v) is 10.5. The Balaban J connectivity index is 1.32. The van der Waals surface area contributed by atoms with E-state index in [1.165, 1.54) is 31.4 Å². The zero-order chi connectivity index (χ0) is 31.4. The molecule has 2 unspecified atom stereocenters. The van der Waals surface area contributed by atoms with Gasteiger partial charge in [0.2, 0.25) is 0 Å². The Bertz CT molecular complexity index is 1730. The molecule has 0 radical (unpaired) electrons. The molecule has 0 amide bonds. The number of nitrogens with zero attached hydrogens (tertiary/aromatic N) is 2. The Labute approximate surface area is 246 Å². The van der Waals surface area contributed by atoms with Crippen LogP contribution in [0, 0.1) is 5.82 Å². The van der Waals surface area contributed by atoms with E-state index >= 15 is 4.39 Å². The lowest BCUT2D eigenvalue weighted by Crippen LogP contribution is -2.13. The highest BCUT2D eigenvalue weighted by atomic mass is 19.4. The van der Waals surface area contributed by atoms with Crippen LogP contribution in [0.25, 0.3) is 16.8 Å². The van der Waals surface area contributed by atoms with E-state index in [4.69, 9.17) is 14.2 Å². The highest BCUT2D eigenvalue weighted by molar-refractivity contribution is 5.75. The average Bonchev–Trinajstić information content (AvgIpc) is 3.72. The predicted molar refractivity (Wildman–Crippen MR) is 142 cm³/mol. The van der Waals surface area contributed by atoms with Gasteiger partial charge in [-0.15, -0.1) is 0 Å². The Hall–Kier alpha value is -4.55. The van der Waals surface area contributed by atoms with E-state index in [2.05, 4.69) is 5.10 Å². The van der Waals surface area contributed by atoms with Crippen molar-refractivity contribution in [1.82, 2.24) is 9.78 Å². The van der Waals surface area contributed by atoms with Gasteiger partial charge in [-0.2, -0.15) is 31.4 Å². The van der Waals surface area contributed by atoms with Crippen molar-refractivity contribution in [3.63, 3.8) is 0 Å². The number of benzene rings is 3. The van der Waals surface area contributed by atoms with Gasteiger partial charge in [0.05, 0.1) is 31.4 Å². The molecule has 2 aliphatic rings. The van der Waals surface area contributed by atoms with Gasteiger partial charge < -0.3 is 14.2 Å². The Kier molecular flexibility index (Phi) is 7.29. The molecule has 4 aromatic rings. The molecule has 6 nitrogen and oxygen atoms in total. The Morgan fingerprint density at radius 3 is 2.43 bits per heavy atom. The molecule has 44 heavy (non-hydrogen) atoms. The minimum atomic E-state index is -4.88. The average molecular weight is 621 g/mol. The van der Waals surface area contributed by atoms with Crippen LogP contribution in [0.5, 0.6) is 11.5 Å². The van der Waals surface area contributed by atoms with E-state index in [9.17, 15) is 31.1 Å². The monoisotopic (exact) mass is 620 g/mol. The van der Waals surface area contributed by atoms with E-state index < -0.39 is 35.5 Å². The number of carbonyl (C=O) groups excluding carboxylic acids is 1. The number of ether oxygens (including phenoxy) is 3. The molecule has 0 fully saturated rings. The van der Waals surface area contributed by atoms with Crippen molar-refractivity contribution in [2.24, 2.45) is 0 Å². The molecule has 1 aliphatic carbocycles. The molecule has 0 saturated heterocycles. The van der Waals surface area contributed by atoms with Gasteiger partial charge in [-0.25, -0.2) is 9.07 Å². The van der Waals surface area contributed by atoms with Gasteiger partial charge in [-0.1, -0.05) is 18.2 Å². The highest BCUT2D eigenvalue weighted by Gasteiger charge is 2.40. The maximum atomic E-state index is 15.4. The van der Waals surface area contributed by atoms with Gasteiger partial charge in [-0.3, -0.25) is 4.79 Å². The van der Waals surface area contributed by atoms with Crippen LogP contribution in [0.4, 0.5) is 30.7 Å². The van der Waals surface area contributed by atoms with Crippen LogP contribution in [0.1, 0.15) is 52.8 Å². The van der Waals surface area contributed by atoms with E-state index in [-0.39, 0.29) is 65.7 Å². The summed E-state index contributed by atoms with van der Waals surface area (Å²) in [6.45, 7) is 0.265. The third-order valence-electron chi connectivity index (χ3n) is 7.79. The number of hydrogen-bond donors (Lipinski definition) is 0. The minimum Gasteiger partial charge on any atom is -0.492 e. The second kappa shape index (κ2) is 10.9. The first kappa shape index (κ1) is 29.5. The highest BCUT2D eigenvalue weighted by Crippen LogP contribution is 2.48. The van der Waals surface area contributed by atoms with Crippen LogP contribution in [0.15, 0.2) is 60.8 Å². The number of fused-ring (bicyclic) bond motifs is 2. The molecule has 6 rings (SSSR count). The summed E-state index contributed by atoms with van der Waals surface area (Å²) in [6.07, 6.45) is -8.90. The molecule has 0 spiro atoms. The summed E-state index contributed by atoms with van der Waals surface area (Å²) in [5.41, 5.74) is -1.25. The molecule has 13 heteroatoms. The van der Waals surface area contributed by atoms with Gasteiger partial charge in [0.15, 0.2) is 5.69 Å². The molecular formula is C31H23F7N2O4. The summed E-state index contributed by atoms with van der Waals surface area (Å²) in [6, 6.07) is 11.6. The Morgan fingerprint density at radius 2 is 1.77 bits per heavy atom. The zero-order valence-electron chi connectivity index (χ0n) is 22.9. The van der Waals surface area contributed by atoms with Crippen LogP contribution >= 0.6 is 0 Å². The van der Waals surface area contributed by atoms with Crippen LogP contribution in [-0.2, 0) is 28.3 Å². The number of aromatic nitrogens is 2. The number of hydrogen-bond acceptors (Lipinski definition) is 5. The van der Waals surface area contributed by atoms with Crippen molar-refractivity contribution < 1.29 is 49.7 Å². The molecule has 0 bridgehead atoms. The molecule has 3 aromatic carbocycles. The van der Waals surface area contributed by atoms with Crippen molar-refractivity contribution in [2.75, 3.05) is 13.7 Å². The van der Waals surface area contributed by atoms with Crippen molar-refractivity contribution in [3.8, 4) is 28.3 Å². The molecule has 0 N–H and O–H groups in total. The van der Waals surface area contributed by atoms with Gasteiger partial charge in [0, 0.05) is 29.3 Å². The van der Waals surface area contributed by atoms with Crippen molar-refractivity contribution in [2.45, 2.75) is 43.6 Å². The first-order valence-electron chi connectivity index (χ1n) is 13.5. The molecule has 2 heterocycles. The summed E-state index contributed by atoms with van der Waals surface area (Å²) in [4.78, 5) is 11.7. The molecule has 2 atom stereocenters. The SMILES string of the molecule is COC(=O)CC1COc2cc(OC3CCc4c(-c5ccc(-n6ccc(C(F)(F)F)n6)cc5)c(C(F)(F)F)cc(F)c43)ccc21. The van der Waals surface area contributed by atoms with E-state index in [1.807, 2.05) is 0 Å². The number of esters is 1. The van der Waals surface area contributed by atoms with Crippen LogP contribution in [0.3, 0.4) is 0 Å². The van der Waals surface area contributed by atoms with E-state index in [0.29, 0.717) is 17.6 Å².